The van der Waals surface area contributed by atoms with Crippen molar-refractivity contribution in [3.8, 4) is 0 Å². The summed E-state index contributed by atoms with van der Waals surface area (Å²) in [7, 11) is 0. The van der Waals surface area contributed by atoms with Crippen LogP contribution in [0.2, 0.25) is 0 Å². The second-order valence-corrected chi connectivity index (χ2v) is 4.89. The molecule has 1 heterocycles. The van der Waals surface area contributed by atoms with Crippen LogP contribution >= 0.6 is 0 Å². The van der Waals surface area contributed by atoms with E-state index in [1.54, 1.807) is 0 Å². The Balaban J connectivity index is 2.04. The van der Waals surface area contributed by atoms with E-state index in [4.69, 9.17) is 4.74 Å². The van der Waals surface area contributed by atoms with Crippen LogP contribution in [-0.4, -0.2) is 38.3 Å². The number of carbonyl (C=O) groups is 1. The molecule has 0 saturated carbocycles. The van der Waals surface area contributed by atoms with Crippen molar-refractivity contribution < 1.29 is 9.53 Å². The van der Waals surface area contributed by atoms with Gasteiger partial charge >= 0.3 is 0 Å². The Morgan fingerprint density at radius 2 is 2.29 bits per heavy atom. The number of nitrogens with one attached hydrogen (secondary N) is 2. The Morgan fingerprint density at radius 1 is 1.47 bits per heavy atom. The fourth-order valence-corrected chi connectivity index (χ4v) is 2.06. The summed E-state index contributed by atoms with van der Waals surface area (Å²) in [4.78, 5) is 11.8. The maximum Gasteiger partial charge on any atom is 0.237 e. The van der Waals surface area contributed by atoms with Gasteiger partial charge in [-0.3, -0.25) is 4.79 Å². The monoisotopic (exact) mass is 242 g/mol. The van der Waals surface area contributed by atoms with Gasteiger partial charge < -0.3 is 15.4 Å². The van der Waals surface area contributed by atoms with Crippen molar-refractivity contribution in [2.24, 2.45) is 5.92 Å². The fourth-order valence-electron chi connectivity index (χ4n) is 2.06. The van der Waals surface area contributed by atoms with Crippen LogP contribution in [0.3, 0.4) is 0 Å². The molecule has 1 aliphatic rings. The van der Waals surface area contributed by atoms with E-state index in [9.17, 15) is 4.79 Å². The smallest absolute Gasteiger partial charge is 0.237 e. The van der Waals surface area contributed by atoms with Gasteiger partial charge in [0.15, 0.2) is 0 Å². The minimum atomic E-state index is 0.00955. The molecule has 1 fully saturated rings. The lowest BCUT2D eigenvalue weighted by Gasteiger charge is -2.27. The highest BCUT2D eigenvalue weighted by Gasteiger charge is 2.23. The lowest BCUT2D eigenvalue weighted by Crippen LogP contribution is -2.48. The van der Waals surface area contributed by atoms with E-state index in [0.29, 0.717) is 5.92 Å². The van der Waals surface area contributed by atoms with E-state index in [1.165, 1.54) is 6.42 Å². The molecular formula is C13H26N2O2. The van der Waals surface area contributed by atoms with Crippen molar-refractivity contribution in [3.63, 3.8) is 0 Å². The summed E-state index contributed by atoms with van der Waals surface area (Å²) >= 11 is 0. The summed E-state index contributed by atoms with van der Waals surface area (Å²) in [5.74, 6) is 0.798. The molecule has 2 atom stereocenters. The first-order valence-corrected chi connectivity index (χ1v) is 6.83. The van der Waals surface area contributed by atoms with Gasteiger partial charge in [0.1, 0.15) is 0 Å². The predicted octanol–water partition coefficient (Wildman–Crippen LogP) is 1.31. The Kier molecular flexibility index (Phi) is 7.21. The summed E-state index contributed by atoms with van der Waals surface area (Å²) in [6, 6.07) is 0.00955. The third kappa shape index (κ3) is 6.03. The quantitative estimate of drug-likeness (QED) is 0.662. The maximum absolute atomic E-state index is 11.8. The topological polar surface area (TPSA) is 50.4 Å². The molecule has 1 saturated heterocycles. The zero-order valence-electron chi connectivity index (χ0n) is 11.1. The van der Waals surface area contributed by atoms with Gasteiger partial charge in [0.05, 0.1) is 6.04 Å². The standard InChI is InChI=1S/C13H26N2O2/c1-3-8-17-9-4-6-15-13(16)12-10-11(2)5-7-14-12/h11-12,14H,3-10H2,1-2H3,(H,15,16). The van der Waals surface area contributed by atoms with Crippen LogP contribution in [0, 0.1) is 5.92 Å². The first-order valence-electron chi connectivity index (χ1n) is 6.83. The molecule has 0 aromatic rings. The summed E-state index contributed by atoms with van der Waals surface area (Å²) in [5, 5.41) is 6.24. The average Bonchev–Trinajstić information content (AvgIpc) is 2.33. The molecule has 17 heavy (non-hydrogen) atoms. The van der Waals surface area contributed by atoms with E-state index >= 15 is 0 Å². The van der Waals surface area contributed by atoms with E-state index in [-0.39, 0.29) is 11.9 Å². The molecule has 0 spiro atoms. The first kappa shape index (κ1) is 14.5. The van der Waals surface area contributed by atoms with E-state index in [0.717, 1.165) is 45.6 Å². The van der Waals surface area contributed by atoms with Crippen LogP contribution in [0.4, 0.5) is 0 Å². The average molecular weight is 242 g/mol. The first-order chi connectivity index (χ1) is 8.24. The highest BCUT2D eigenvalue weighted by atomic mass is 16.5. The Bertz CT molecular complexity index is 221. The van der Waals surface area contributed by atoms with Crippen molar-refractivity contribution in [2.45, 2.75) is 45.6 Å². The van der Waals surface area contributed by atoms with Gasteiger partial charge in [0.25, 0.3) is 0 Å². The molecule has 1 amide bonds. The molecule has 0 radical (unpaired) electrons. The van der Waals surface area contributed by atoms with E-state index < -0.39 is 0 Å². The van der Waals surface area contributed by atoms with E-state index in [2.05, 4.69) is 24.5 Å². The predicted molar refractivity (Wildman–Crippen MR) is 68.9 cm³/mol. The molecule has 0 aromatic carbocycles. The summed E-state index contributed by atoms with van der Waals surface area (Å²) in [6.07, 6.45) is 4.08. The van der Waals surface area contributed by atoms with Crippen LogP contribution in [0.25, 0.3) is 0 Å². The van der Waals surface area contributed by atoms with Crippen LogP contribution in [0.15, 0.2) is 0 Å². The molecule has 1 rings (SSSR count). The Labute approximate surface area is 104 Å². The molecule has 0 aliphatic carbocycles. The Morgan fingerprint density at radius 3 is 3.00 bits per heavy atom. The van der Waals surface area contributed by atoms with Crippen molar-refractivity contribution in [3.05, 3.63) is 0 Å². The second-order valence-electron chi connectivity index (χ2n) is 4.89. The largest absolute Gasteiger partial charge is 0.381 e. The lowest BCUT2D eigenvalue weighted by molar-refractivity contribution is -0.124. The molecule has 2 unspecified atom stereocenters. The second kappa shape index (κ2) is 8.48. The number of piperidine rings is 1. The number of hydrogen-bond acceptors (Lipinski definition) is 3. The number of amides is 1. The zero-order chi connectivity index (χ0) is 12.5. The van der Waals surface area contributed by atoms with E-state index in [1.807, 2.05) is 0 Å². The number of ether oxygens (including phenoxy) is 1. The van der Waals surface area contributed by atoms with Crippen LogP contribution in [-0.2, 0) is 9.53 Å². The number of rotatable bonds is 7. The van der Waals surface area contributed by atoms with Gasteiger partial charge in [-0.1, -0.05) is 13.8 Å². The van der Waals surface area contributed by atoms with Gasteiger partial charge in [-0.15, -0.1) is 0 Å². The van der Waals surface area contributed by atoms with Gasteiger partial charge in [0.2, 0.25) is 5.91 Å². The summed E-state index contributed by atoms with van der Waals surface area (Å²) in [5.41, 5.74) is 0. The van der Waals surface area contributed by atoms with Crippen molar-refractivity contribution in [1.82, 2.24) is 10.6 Å². The number of carbonyl (C=O) groups excluding carboxylic acids is 1. The highest BCUT2D eigenvalue weighted by Crippen LogP contribution is 2.14. The highest BCUT2D eigenvalue weighted by molar-refractivity contribution is 5.81. The van der Waals surface area contributed by atoms with Gasteiger partial charge in [-0.2, -0.15) is 0 Å². The normalized spacial score (nSPS) is 24.6. The lowest BCUT2D eigenvalue weighted by atomic mass is 9.94. The molecule has 4 nitrogen and oxygen atoms in total. The molecule has 1 aliphatic heterocycles. The molecule has 4 heteroatoms. The van der Waals surface area contributed by atoms with Crippen LogP contribution in [0.1, 0.15) is 39.5 Å². The Hall–Kier alpha value is -0.610. The molecule has 100 valence electrons. The minimum absolute atomic E-state index is 0.00955. The molecular weight excluding hydrogens is 216 g/mol. The van der Waals surface area contributed by atoms with Gasteiger partial charge in [-0.25, -0.2) is 0 Å². The van der Waals surface area contributed by atoms with Gasteiger partial charge in [-0.05, 0) is 38.1 Å². The van der Waals surface area contributed by atoms with Gasteiger partial charge in [0, 0.05) is 19.8 Å². The molecule has 2 N–H and O–H groups in total. The fraction of sp³-hybridized carbons (Fsp3) is 0.923. The summed E-state index contributed by atoms with van der Waals surface area (Å²) < 4.78 is 5.36. The third-order valence-electron chi connectivity index (χ3n) is 3.10. The van der Waals surface area contributed by atoms with Crippen molar-refractivity contribution in [1.29, 1.82) is 0 Å². The maximum atomic E-state index is 11.8. The SMILES string of the molecule is CCCOCCCNC(=O)C1CC(C)CCN1. The number of hydrogen-bond donors (Lipinski definition) is 2. The van der Waals surface area contributed by atoms with Crippen molar-refractivity contribution in [2.75, 3.05) is 26.3 Å². The molecule has 0 bridgehead atoms. The summed E-state index contributed by atoms with van der Waals surface area (Å²) in [6.45, 7) is 7.53. The van der Waals surface area contributed by atoms with Crippen LogP contribution in [0.5, 0.6) is 0 Å². The van der Waals surface area contributed by atoms with Crippen LogP contribution < -0.4 is 10.6 Å². The van der Waals surface area contributed by atoms with Crippen molar-refractivity contribution >= 4 is 5.91 Å². The third-order valence-corrected chi connectivity index (χ3v) is 3.10. The molecule has 0 aromatic heterocycles. The zero-order valence-corrected chi connectivity index (χ0v) is 11.1. The minimum Gasteiger partial charge on any atom is -0.381 e.